The summed E-state index contributed by atoms with van der Waals surface area (Å²) in [6.45, 7) is 1.28. The minimum absolute atomic E-state index is 0.356. The van der Waals surface area contributed by atoms with Gasteiger partial charge in [-0.05, 0) is 57.1 Å². The Morgan fingerprint density at radius 3 is 2.88 bits per heavy atom. The lowest BCUT2D eigenvalue weighted by molar-refractivity contribution is 0.0494. The quantitative estimate of drug-likeness (QED) is 0.448. The third-order valence-electron chi connectivity index (χ3n) is 3.34. The number of aromatic nitrogens is 1. The fraction of sp³-hybridized carbons (Fsp3) is 0.333. The molecule has 1 N–H and O–H groups in total. The Morgan fingerprint density at radius 1 is 1.29 bits per heavy atom. The highest BCUT2D eigenvalue weighted by Gasteiger charge is 2.14. The molecular weight excluding hydrogens is 322 g/mol. The van der Waals surface area contributed by atoms with E-state index < -0.39 is 0 Å². The molecule has 0 aliphatic rings. The Labute approximate surface area is 147 Å². The van der Waals surface area contributed by atoms with Crippen LogP contribution in [0.25, 0.3) is 0 Å². The summed E-state index contributed by atoms with van der Waals surface area (Å²) in [6.07, 6.45) is 4.48. The Morgan fingerprint density at radius 2 is 2.12 bits per heavy atom. The second-order valence-electron chi connectivity index (χ2n) is 5.55. The van der Waals surface area contributed by atoms with Gasteiger partial charge in [0.25, 0.3) is 0 Å². The summed E-state index contributed by atoms with van der Waals surface area (Å²) in [7, 11) is 3.99. The highest BCUT2D eigenvalue weighted by molar-refractivity contribution is 7.98. The first-order valence-corrected chi connectivity index (χ1v) is 9.00. The number of benzene rings is 1. The van der Waals surface area contributed by atoms with Crippen LogP contribution in [0.2, 0.25) is 0 Å². The molecule has 0 saturated carbocycles. The van der Waals surface area contributed by atoms with Crippen LogP contribution < -0.4 is 5.32 Å². The molecule has 0 radical (unpaired) electrons. The van der Waals surface area contributed by atoms with Crippen LogP contribution in [-0.4, -0.2) is 49.4 Å². The van der Waals surface area contributed by atoms with E-state index in [4.69, 9.17) is 4.74 Å². The maximum atomic E-state index is 12.3. The van der Waals surface area contributed by atoms with Crippen molar-refractivity contribution in [1.29, 1.82) is 0 Å². The van der Waals surface area contributed by atoms with E-state index in [-0.39, 0.29) is 5.97 Å². The van der Waals surface area contributed by atoms with Crippen molar-refractivity contribution in [2.75, 3.05) is 38.8 Å². The Bertz CT molecular complexity index is 677. The summed E-state index contributed by atoms with van der Waals surface area (Å²) in [5, 5.41) is 3.20. The van der Waals surface area contributed by atoms with Crippen LogP contribution in [0.15, 0.2) is 47.5 Å². The molecule has 0 atom stereocenters. The standard InChI is InChI=1S/C18H23N3O2S/c1-21(2)11-6-12-23-18(22)16-9-5-10-19-17(16)20-14-7-4-8-15(13-14)24-3/h4-5,7-10,13H,6,11-12H2,1-3H3,(H,19,20). The van der Waals surface area contributed by atoms with Crippen molar-refractivity contribution in [2.24, 2.45) is 0 Å². The van der Waals surface area contributed by atoms with Crippen LogP contribution in [-0.2, 0) is 4.74 Å². The van der Waals surface area contributed by atoms with E-state index in [1.54, 1.807) is 30.1 Å². The number of rotatable bonds is 8. The second kappa shape index (κ2) is 9.30. The summed E-state index contributed by atoms with van der Waals surface area (Å²) in [4.78, 5) is 19.8. The van der Waals surface area contributed by atoms with Crippen molar-refractivity contribution in [3.05, 3.63) is 48.2 Å². The molecule has 0 bridgehead atoms. The van der Waals surface area contributed by atoms with E-state index in [0.29, 0.717) is 18.0 Å². The van der Waals surface area contributed by atoms with E-state index >= 15 is 0 Å². The molecule has 0 fully saturated rings. The van der Waals surface area contributed by atoms with Crippen molar-refractivity contribution in [3.8, 4) is 0 Å². The molecule has 0 spiro atoms. The third kappa shape index (κ3) is 5.54. The number of esters is 1. The summed E-state index contributed by atoms with van der Waals surface area (Å²) >= 11 is 1.66. The number of hydrogen-bond acceptors (Lipinski definition) is 6. The van der Waals surface area contributed by atoms with E-state index in [0.717, 1.165) is 23.5 Å². The molecule has 6 heteroatoms. The Kier molecular flexibility index (Phi) is 7.08. The minimum atomic E-state index is -0.356. The monoisotopic (exact) mass is 345 g/mol. The molecule has 1 aromatic carbocycles. The maximum Gasteiger partial charge on any atom is 0.341 e. The van der Waals surface area contributed by atoms with Gasteiger partial charge in [0.05, 0.1) is 6.61 Å². The zero-order valence-electron chi connectivity index (χ0n) is 14.3. The van der Waals surface area contributed by atoms with Gasteiger partial charge >= 0.3 is 5.97 Å². The van der Waals surface area contributed by atoms with Crippen molar-refractivity contribution in [1.82, 2.24) is 9.88 Å². The summed E-state index contributed by atoms with van der Waals surface area (Å²) in [6, 6.07) is 11.4. The van der Waals surface area contributed by atoms with Gasteiger partial charge in [0.1, 0.15) is 11.4 Å². The predicted octanol–water partition coefficient (Wildman–Crippen LogP) is 3.66. The predicted molar refractivity (Wildman–Crippen MR) is 99.2 cm³/mol. The van der Waals surface area contributed by atoms with Crippen LogP contribution >= 0.6 is 11.8 Å². The van der Waals surface area contributed by atoms with Gasteiger partial charge in [-0.2, -0.15) is 0 Å². The normalized spacial score (nSPS) is 10.7. The number of hydrogen-bond donors (Lipinski definition) is 1. The zero-order valence-corrected chi connectivity index (χ0v) is 15.1. The van der Waals surface area contributed by atoms with Crippen molar-refractivity contribution in [3.63, 3.8) is 0 Å². The van der Waals surface area contributed by atoms with Crippen LogP contribution in [0.4, 0.5) is 11.5 Å². The lowest BCUT2D eigenvalue weighted by Gasteiger charge is -2.12. The Hall–Kier alpha value is -2.05. The number of thioether (sulfide) groups is 1. The van der Waals surface area contributed by atoms with E-state index in [2.05, 4.69) is 15.2 Å². The number of nitrogens with zero attached hydrogens (tertiary/aromatic N) is 2. The van der Waals surface area contributed by atoms with Gasteiger partial charge in [-0.15, -0.1) is 11.8 Å². The van der Waals surface area contributed by atoms with E-state index in [1.807, 2.05) is 44.6 Å². The van der Waals surface area contributed by atoms with E-state index in [1.165, 1.54) is 0 Å². The average molecular weight is 345 g/mol. The van der Waals surface area contributed by atoms with Crippen molar-refractivity contribution < 1.29 is 9.53 Å². The topological polar surface area (TPSA) is 54.5 Å². The summed E-state index contributed by atoms with van der Waals surface area (Å²) in [5.41, 5.74) is 1.33. The maximum absolute atomic E-state index is 12.3. The highest BCUT2D eigenvalue weighted by atomic mass is 32.2. The number of ether oxygens (including phenoxy) is 1. The number of carbonyl (C=O) groups is 1. The van der Waals surface area contributed by atoms with Gasteiger partial charge in [-0.25, -0.2) is 9.78 Å². The van der Waals surface area contributed by atoms with Gasteiger partial charge in [0.2, 0.25) is 0 Å². The number of anilines is 2. The highest BCUT2D eigenvalue weighted by Crippen LogP contribution is 2.23. The number of pyridine rings is 1. The SMILES string of the molecule is CSc1cccc(Nc2ncccc2C(=O)OCCCN(C)C)c1. The molecule has 0 aliphatic carbocycles. The molecule has 24 heavy (non-hydrogen) atoms. The van der Waals surface area contributed by atoms with Crippen LogP contribution in [0, 0.1) is 0 Å². The fourth-order valence-electron chi connectivity index (χ4n) is 2.13. The smallest absolute Gasteiger partial charge is 0.341 e. The molecule has 0 saturated heterocycles. The third-order valence-corrected chi connectivity index (χ3v) is 4.07. The molecule has 2 aromatic rings. The lowest BCUT2D eigenvalue weighted by atomic mass is 10.2. The molecule has 1 heterocycles. The molecule has 128 valence electrons. The van der Waals surface area contributed by atoms with Crippen LogP contribution in [0.1, 0.15) is 16.8 Å². The first-order chi connectivity index (χ1) is 11.6. The van der Waals surface area contributed by atoms with Crippen molar-refractivity contribution >= 4 is 29.2 Å². The Balaban J connectivity index is 2.05. The van der Waals surface area contributed by atoms with Gasteiger partial charge in [-0.3, -0.25) is 0 Å². The molecule has 0 amide bonds. The average Bonchev–Trinajstić information content (AvgIpc) is 2.59. The largest absolute Gasteiger partial charge is 0.462 e. The van der Waals surface area contributed by atoms with Gasteiger partial charge in [0.15, 0.2) is 0 Å². The number of carbonyl (C=O) groups excluding carboxylic acids is 1. The summed E-state index contributed by atoms with van der Waals surface area (Å²) in [5.74, 6) is 0.152. The zero-order chi connectivity index (χ0) is 17.4. The molecular formula is C18H23N3O2S. The van der Waals surface area contributed by atoms with Crippen molar-refractivity contribution in [2.45, 2.75) is 11.3 Å². The van der Waals surface area contributed by atoms with Crippen LogP contribution in [0.3, 0.4) is 0 Å². The van der Waals surface area contributed by atoms with Gasteiger partial charge < -0.3 is 15.0 Å². The molecule has 2 rings (SSSR count). The van der Waals surface area contributed by atoms with Crippen LogP contribution in [0.5, 0.6) is 0 Å². The van der Waals surface area contributed by atoms with E-state index in [9.17, 15) is 4.79 Å². The minimum Gasteiger partial charge on any atom is -0.462 e. The summed E-state index contributed by atoms with van der Waals surface area (Å²) < 4.78 is 5.35. The number of nitrogens with one attached hydrogen (secondary N) is 1. The van der Waals surface area contributed by atoms with Gasteiger partial charge in [-0.1, -0.05) is 6.07 Å². The molecule has 0 unspecified atom stereocenters. The second-order valence-corrected chi connectivity index (χ2v) is 6.43. The first kappa shape index (κ1) is 18.3. The lowest BCUT2D eigenvalue weighted by Crippen LogP contribution is -2.16. The molecule has 1 aromatic heterocycles. The van der Waals surface area contributed by atoms with Gasteiger partial charge in [0, 0.05) is 23.3 Å². The molecule has 5 nitrogen and oxygen atoms in total. The molecule has 0 aliphatic heterocycles. The first-order valence-electron chi connectivity index (χ1n) is 7.78. The fourth-order valence-corrected chi connectivity index (χ4v) is 2.59.